The minimum atomic E-state index is -2.70. The highest BCUT2D eigenvalue weighted by molar-refractivity contribution is 7.99. The number of rotatable bonds is 5. The van der Waals surface area contributed by atoms with Crippen LogP contribution in [-0.4, -0.2) is 43.8 Å². The van der Waals surface area contributed by atoms with Gasteiger partial charge < -0.3 is 10.4 Å². The number of carbonyl (C=O) groups is 2. The number of halogens is 2. The molecule has 1 fully saturated rings. The van der Waals surface area contributed by atoms with Gasteiger partial charge in [0.15, 0.2) is 0 Å². The highest BCUT2D eigenvalue weighted by Crippen LogP contribution is 2.28. The van der Waals surface area contributed by atoms with Crippen LogP contribution in [0, 0.1) is 0 Å². The van der Waals surface area contributed by atoms with E-state index in [9.17, 15) is 23.5 Å². The zero-order valence-corrected chi connectivity index (χ0v) is 11.2. The molecule has 1 amide bonds. The topological polar surface area (TPSA) is 84.2 Å². The van der Waals surface area contributed by atoms with Gasteiger partial charge in [0.05, 0.1) is 0 Å². The zero-order valence-electron chi connectivity index (χ0n) is 10.4. The van der Waals surface area contributed by atoms with Crippen molar-refractivity contribution in [2.75, 3.05) is 11.5 Å². The van der Waals surface area contributed by atoms with Gasteiger partial charge in [-0.2, -0.15) is 16.9 Å². The minimum Gasteiger partial charge on any atom is -0.479 e. The highest BCUT2D eigenvalue weighted by Gasteiger charge is 2.43. The van der Waals surface area contributed by atoms with Gasteiger partial charge in [0.2, 0.25) is 5.91 Å². The summed E-state index contributed by atoms with van der Waals surface area (Å²) in [5, 5.41) is 15.2. The molecule has 1 aromatic heterocycles. The average Bonchev–Trinajstić information content (AvgIpc) is 2.98. The van der Waals surface area contributed by atoms with Gasteiger partial charge in [0.25, 0.3) is 6.43 Å². The Morgan fingerprint density at radius 1 is 1.60 bits per heavy atom. The number of amides is 1. The predicted molar refractivity (Wildman–Crippen MR) is 67.6 cm³/mol. The van der Waals surface area contributed by atoms with E-state index in [-0.39, 0.29) is 6.54 Å². The van der Waals surface area contributed by atoms with Crippen LogP contribution < -0.4 is 5.32 Å². The molecule has 1 aliphatic heterocycles. The quantitative estimate of drug-likeness (QED) is 0.844. The van der Waals surface area contributed by atoms with Crippen LogP contribution in [0.25, 0.3) is 0 Å². The van der Waals surface area contributed by atoms with Gasteiger partial charge >= 0.3 is 5.97 Å². The van der Waals surface area contributed by atoms with Gasteiger partial charge in [-0.3, -0.25) is 9.48 Å². The smallest absolute Gasteiger partial charge is 0.330 e. The SMILES string of the molecule is O=C(Cn1ccc(C(F)F)n1)NC1(C(=O)O)CCSC1. The molecule has 0 radical (unpaired) electrons. The fraction of sp³-hybridized carbons (Fsp3) is 0.545. The van der Waals surface area contributed by atoms with Gasteiger partial charge in [-0.15, -0.1) is 0 Å². The molecule has 0 saturated carbocycles. The maximum atomic E-state index is 12.4. The molecule has 2 heterocycles. The molecule has 1 unspecified atom stereocenters. The first-order valence-corrected chi connectivity index (χ1v) is 7.02. The van der Waals surface area contributed by atoms with Crippen LogP contribution in [0.5, 0.6) is 0 Å². The van der Waals surface area contributed by atoms with Crippen LogP contribution in [0.2, 0.25) is 0 Å². The summed E-state index contributed by atoms with van der Waals surface area (Å²) in [6, 6.07) is 1.12. The third-order valence-electron chi connectivity index (χ3n) is 3.00. The summed E-state index contributed by atoms with van der Waals surface area (Å²) in [4.78, 5) is 23.1. The number of nitrogens with one attached hydrogen (secondary N) is 1. The average molecular weight is 305 g/mol. The van der Waals surface area contributed by atoms with Crippen molar-refractivity contribution in [1.29, 1.82) is 0 Å². The van der Waals surface area contributed by atoms with Crippen LogP contribution in [0.15, 0.2) is 12.3 Å². The third kappa shape index (κ3) is 3.09. The molecule has 0 bridgehead atoms. The van der Waals surface area contributed by atoms with E-state index in [0.29, 0.717) is 17.9 Å². The molecule has 6 nitrogen and oxygen atoms in total. The number of alkyl halides is 2. The lowest BCUT2D eigenvalue weighted by Crippen LogP contribution is -2.55. The Bertz CT molecular complexity index is 515. The summed E-state index contributed by atoms with van der Waals surface area (Å²) in [7, 11) is 0. The first kappa shape index (κ1) is 14.8. The molecular weight excluding hydrogens is 292 g/mol. The summed E-state index contributed by atoms with van der Waals surface area (Å²) >= 11 is 1.45. The van der Waals surface area contributed by atoms with E-state index in [2.05, 4.69) is 10.4 Å². The van der Waals surface area contributed by atoms with Crippen LogP contribution >= 0.6 is 11.8 Å². The second-order valence-corrected chi connectivity index (χ2v) is 5.58. The summed E-state index contributed by atoms with van der Waals surface area (Å²) in [6.45, 7) is -0.285. The maximum Gasteiger partial charge on any atom is 0.330 e. The van der Waals surface area contributed by atoms with E-state index in [1.807, 2.05) is 0 Å². The predicted octanol–water partition coefficient (Wildman–Crippen LogP) is 0.897. The number of nitrogens with zero attached hydrogens (tertiary/aromatic N) is 2. The van der Waals surface area contributed by atoms with Gasteiger partial charge in [0.1, 0.15) is 17.8 Å². The van der Waals surface area contributed by atoms with E-state index in [1.54, 1.807) is 0 Å². The molecule has 0 aliphatic carbocycles. The van der Waals surface area contributed by atoms with Crippen molar-refractivity contribution < 1.29 is 23.5 Å². The lowest BCUT2D eigenvalue weighted by molar-refractivity contribution is -0.146. The second-order valence-electron chi connectivity index (χ2n) is 4.48. The van der Waals surface area contributed by atoms with E-state index < -0.39 is 29.5 Å². The first-order valence-electron chi connectivity index (χ1n) is 5.87. The van der Waals surface area contributed by atoms with Crippen LogP contribution in [0.4, 0.5) is 8.78 Å². The van der Waals surface area contributed by atoms with Crippen molar-refractivity contribution in [3.63, 3.8) is 0 Å². The molecule has 110 valence electrons. The van der Waals surface area contributed by atoms with Crippen molar-refractivity contribution in [2.45, 2.75) is 24.9 Å². The molecule has 0 aromatic carbocycles. The molecule has 0 spiro atoms. The molecule has 2 rings (SSSR count). The molecule has 1 aromatic rings. The molecule has 2 N–H and O–H groups in total. The largest absolute Gasteiger partial charge is 0.479 e. The molecule has 1 atom stereocenters. The van der Waals surface area contributed by atoms with Gasteiger partial charge in [0, 0.05) is 11.9 Å². The Morgan fingerprint density at radius 2 is 2.35 bits per heavy atom. The van der Waals surface area contributed by atoms with Crippen molar-refractivity contribution in [3.8, 4) is 0 Å². The Morgan fingerprint density at radius 3 is 2.85 bits per heavy atom. The maximum absolute atomic E-state index is 12.4. The first-order chi connectivity index (χ1) is 9.43. The van der Waals surface area contributed by atoms with E-state index >= 15 is 0 Å². The molecule has 20 heavy (non-hydrogen) atoms. The number of thioether (sulfide) groups is 1. The summed E-state index contributed by atoms with van der Waals surface area (Å²) in [6.07, 6.45) is -1.09. The summed E-state index contributed by atoms with van der Waals surface area (Å²) in [5.41, 5.74) is -1.68. The van der Waals surface area contributed by atoms with E-state index in [1.165, 1.54) is 18.0 Å². The number of aliphatic carboxylic acids is 1. The molecule has 9 heteroatoms. The van der Waals surface area contributed by atoms with Gasteiger partial charge in [-0.05, 0) is 18.2 Å². The van der Waals surface area contributed by atoms with E-state index in [0.717, 1.165) is 10.7 Å². The van der Waals surface area contributed by atoms with Crippen LogP contribution in [-0.2, 0) is 16.1 Å². The lowest BCUT2D eigenvalue weighted by Gasteiger charge is -2.24. The number of aromatic nitrogens is 2. The fourth-order valence-corrected chi connectivity index (χ4v) is 3.25. The fourth-order valence-electron chi connectivity index (χ4n) is 1.92. The zero-order chi connectivity index (χ0) is 14.8. The van der Waals surface area contributed by atoms with Crippen molar-refractivity contribution >= 4 is 23.6 Å². The second kappa shape index (κ2) is 5.78. The normalized spacial score (nSPS) is 22.1. The summed E-state index contributed by atoms with van der Waals surface area (Å²) < 4.78 is 25.8. The number of carbonyl (C=O) groups excluding carboxylic acids is 1. The number of hydrogen-bond acceptors (Lipinski definition) is 4. The Labute approximate surface area is 117 Å². The molecule has 1 aliphatic rings. The Balaban J connectivity index is 1.99. The highest BCUT2D eigenvalue weighted by atomic mass is 32.2. The third-order valence-corrected chi connectivity index (χ3v) is 4.19. The van der Waals surface area contributed by atoms with Crippen LogP contribution in [0.3, 0.4) is 0 Å². The van der Waals surface area contributed by atoms with Gasteiger partial charge in [-0.1, -0.05) is 0 Å². The number of carboxylic acid groups (broad SMARTS) is 1. The minimum absolute atomic E-state index is 0.285. The monoisotopic (exact) mass is 305 g/mol. The standard InChI is InChI=1S/C11H13F2N3O3S/c12-9(13)7-1-3-16(15-7)5-8(17)14-11(10(18)19)2-4-20-6-11/h1,3,9H,2,4-6H2,(H,14,17)(H,18,19). The van der Waals surface area contributed by atoms with Crippen molar-refractivity contribution in [1.82, 2.24) is 15.1 Å². The Kier molecular flexibility index (Phi) is 4.26. The van der Waals surface area contributed by atoms with Crippen LogP contribution in [0.1, 0.15) is 18.5 Å². The molecular formula is C11H13F2N3O3S. The van der Waals surface area contributed by atoms with E-state index in [4.69, 9.17) is 0 Å². The lowest BCUT2D eigenvalue weighted by atomic mass is 9.99. The summed E-state index contributed by atoms with van der Waals surface area (Å²) in [5.74, 6) is -0.678. The van der Waals surface area contributed by atoms with Gasteiger partial charge in [-0.25, -0.2) is 13.6 Å². The number of hydrogen-bond donors (Lipinski definition) is 2. The van der Waals surface area contributed by atoms with Crippen molar-refractivity contribution in [3.05, 3.63) is 18.0 Å². The molecule has 1 saturated heterocycles. The van der Waals surface area contributed by atoms with Crippen molar-refractivity contribution in [2.24, 2.45) is 0 Å². The Hall–Kier alpha value is -1.64. The number of carboxylic acids is 1.